The lowest BCUT2D eigenvalue weighted by Gasteiger charge is -2.13. The fourth-order valence-electron chi connectivity index (χ4n) is 0.809. The summed E-state index contributed by atoms with van der Waals surface area (Å²) >= 11 is 0. The van der Waals surface area contributed by atoms with Crippen molar-refractivity contribution >= 4 is 0 Å². The molecule has 0 saturated heterocycles. The van der Waals surface area contributed by atoms with Gasteiger partial charge in [-0.25, -0.2) is 0 Å². The predicted octanol–water partition coefficient (Wildman–Crippen LogP) is 2.48. The minimum atomic E-state index is 1.04. The molecule has 80 valence electrons. The van der Waals surface area contributed by atoms with Crippen LogP contribution < -0.4 is 5.32 Å². The first-order valence-electron chi connectivity index (χ1n) is 5.24. The first-order chi connectivity index (χ1) is 6.16. The van der Waals surface area contributed by atoms with Gasteiger partial charge in [-0.05, 0) is 33.5 Å². The van der Waals surface area contributed by atoms with Gasteiger partial charge in [-0.15, -0.1) is 0 Å². The molecular weight excluding hydrogens is 160 g/mol. The Hall–Kier alpha value is -0.500. The molecule has 0 heterocycles. The molecule has 0 unspecified atom stereocenters. The minimum absolute atomic E-state index is 1.04. The van der Waals surface area contributed by atoms with Gasteiger partial charge in [-0.2, -0.15) is 0 Å². The summed E-state index contributed by atoms with van der Waals surface area (Å²) in [5.74, 6) is 0. The van der Waals surface area contributed by atoms with Gasteiger partial charge in [0.25, 0.3) is 0 Å². The van der Waals surface area contributed by atoms with E-state index in [0.717, 1.165) is 25.3 Å². The zero-order chi connectivity index (χ0) is 10.7. The molecule has 13 heavy (non-hydrogen) atoms. The van der Waals surface area contributed by atoms with Crippen molar-refractivity contribution in [2.24, 2.45) is 0 Å². The fourth-order valence-corrected chi connectivity index (χ4v) is 0.809. The van der Waals surface area contributed by atoms with Crippen molar-refractivity contribution in [3.05, 3.63) is 12.3 Å². The maximum absolute atomic E-state index is 3.77. The molecule has 0 spiro atoms. The molecule has 0 aromatic heterocycles. The molecule has 2 heteroatoms. The Morgan fingerprint density at radius 1 is 1.38 bits per heavy atom. The quantitative estimate of drug-likeness (QED) is 0.641. The third-order valence-electron chi connectivity index (χ3n) is 1.68. The van der Waals surface area contributed by atoms with Gasteiger partial charge in [0.15, 0.2) is 0 Å². The molecule has 0 fully saturated rings. The molecule has 0 bridgehead atoms. The van der Waals surface area contributed by atoms with E-state index >= 15 is 0 Å². The van der Waals surface area contributed by atoms with Crippen molar-refractivity contribution in [1.82, 2.24) is 10.2 Å². The molecule has 0 amide bonds. The third kappa shape index (κ3) is 14.4. The van der Waals surface area contributed by atoms with Crippen molar-refractivity contribution in [1.29, 1.82) is 0 Å². The largest absolute Gasteiger partial charge is 0.389 e. The van der Waals surface area contributed by atoms with Crippen LogP contribution in [0.25, 0.3) is 0 Å². The number of allylic oxidation sites excluding steroid dienone is 1. The standard InChI is InChI=1S/C9H20N2.C2H6/c1-5-11(4)8-6-7-10-9(2)3;1-2/h10H,2,5-8H2,1,3-4H3;1-2H3. The van der Waals surface area contributed by atoms with E-state index in [2.05, 4.69) is 30.8 Å². The Kier molecular flexibility index (Phi) is 13.3. The molecule has 0 aliphatic rings. The lowest BCUT2D eigenvalue weighted by Crippen LogP contribution is -2.22. The van der Waals surface area contributed by atoms with E-state index in [4.69, 9.17) is 0 Å². The van der Waals surface area contributed by atoms with Gasteiger partial charge < -0.3 is 10.2 Å². The lowest BCUT2D eigenvalue weighted by atomic mass is 10.4. The number of rotatable bonds is 6. The van der Waals surface area contributed by atoms with Gasteiger partial charge in [-0.1, -0.05) is 27.4 Å². The summed E-state index contributed by atoms with van der Waals surface area (Å²) in [4.78, 5) is 2.31. The van der Waals surface area contributed by atoms with Gasteiger partial charge in [0.1, 0.15) is 0 Å². The Labute approximate surface area is 84.0 Å². The molecule has 0 saturated carbocycles. The van der Waals surface area contributed by atoms with E-state index in [1.165, 1.54) is 6.42 Å². The second-order valence-electron chi connectivity index (χ2n) is 2.96. The van der Waals surface area contributed by atoms with Gasteiger partial charge in [0.05, 0.1) is 0 Å². The summed E-state index contributed by atoms with van der Waals surface area (Å²) in [6.07, 6.45) is 1.19. The average Bonchev–Trinajstić information content (AvgIpc) is 2.15. The Bertz CT molecular complexity index is 111. The van der Waals surface area contributed by atoms with E-state index in [1.807, 2.05) is 20.8 Å². The minimum Gasteiger partial charge on any atom is -0.389 e. The van der Waals surface area contributed by atoms with Crippen molar-refractivity contribution in [2.45, 2.75) is 34.1 Å². The molecular formula is C11H26N2. The number of hydrogen-bond donors (Lipinski definition) is 1. The predicted molar refractivity (Wildman–Crippen MR) is 62.0 cm³/mol. The van der Waals surface area contributed by atoms with Crippen molar-refractivity contribution in [3.63, 3.8) is 0 Å². The van der Waals surface area contributed by atoms with Crippen LogP contribution in [-0.2, 0) is 0 Å². The number of nitrogens with one attached hydrogen (secondary N) is 1. The van der Waals surface area contributed by atoms with Crippen LogP contribution in [0.1, 0.15) is 34.1 Å². The molecule has 0 aliphatic carbocycles. The maximum Gasteiger partial charge on any atom is 0.0155 e. The smallest absolute Gasteiger partial charge is 0.0155 e. The first-order valence-corrected chi connectivity index (χ1v) is 5.24. The molecule has 0 aromatic carbocycles. The molecule has 0 atom stereocenters. The summed E-state index contributed by atoms with van der Waals surface area (Å²) in [6, 6.07) is 0. The van der Waals surface area contributed by atoms with Crippen LogP contribution in [0.3, 0.4) is 0 Å². The van der Waals surface area contributed by atoms with E-state index in [-0.39, 0.29) is 0 Å². The number of nitrogens with zero attached hydrogens (tertiary/aromatic N) is 1. The van der Waals surface area contributed by atoms with Gasteiger partial charge in [0, 0.05) is 12.2 Å². The topological polar surface area (TPSA) is 15.3 Å². The van der Waals surface area contributed by atoms with Crippen molar-refractivity contribution in [2.75, 3.05) is 26.7 Å². The average molecular weight is 186 g/mol. The highest BCUT2D eigenvalue weighted by atomic mass is 15.1. The highest BCUT2D eigenvalue weighted by molar-refractivity contribution is 4.83. The lowest BCUT2D eigenvalue weighted by molar-refractivity contribution is 0.346. The van der Waals surface area contributed by atoms with Gasteiger partial charge in [-0.3, -0.25) is 0 Å². The second kappa shape index (κ2) is 11.5. The summed E-state index contributed by atoms with van der Waals surface area (Å²) in [7, 11) is 2.14. The van der Waals surface area contributed by atoms with E-state index in [1.54, 1.807) is 0 Å². The zero-order valence-electron chi connectivity index (χ0n) is 9.98. The van der Waals surface area contributed by atoms with E-state index < -0.39 is 0 Å². The molecule has 0 aliphatic heterocycles. The maximum atomic E-state index is 3.77. The first kappa shape index (κ1) is 15.0. The second-order valence-corrected chi connectivity index (χ2v) is 2.96. The van der Waals surface area contributed by atoms with Crippen LogP contribution in [-0.4, -0.2) is 31.6 Å². The SMILES string of the molecule is C=C(C)NCCCN(C)CC.CC. The van der Waals surface area contributed by atoms with Crippen LogP contribution >= 0.6 is 0 Å². The Morgan fingerprint density at radius 3 is 2.31 bits per heavy atom. The fraction of sp³-hybridized carbons (Fsp3) is 0.818. The van der Waals surface area contributed by atoms with Crippen LogP contribution in [0.15, 0.2) is 12.3 Å². The molecule has 1 N–H and O–H groups in total. The van der Waals surface area contributed by atoms with E-state index in [9.17, 15) is 0 Å². The summed E-state index contributed by atoms with van der Waals surface area (Å²) in [5.41, 5.74) is 1.06. The van der Waals surface area contributed by atoms with Crippen molar-refractivity contribution in [3.8, 4) is 0 Å². The third-order valence-corrected chi connectivity index (χ3v) is 1.68. The summed E-state index contributed by atoms with van der Waals surface area (Å²) in [6.45, 7) is 15.3. The normalized spacial score (nSPS) is 9.08. The highest BCUT2D eigenvalue weighted by Crippen LogP contribution is 1.86. The summed E-state index contributed by atoms with van der Waals surface area (Å²) in [5, 5.41) is 3.20. The monoisotopic (exact) mass is 186 g/mol. The molecule has 0 aromatic rings. The van der Waals surface area contributed by atoms with Crippen LogP contribution in [0, 0.1) is 0 Å². The number of hydrogen-bond acceptors (Lipinski definition) is 2. The van der Waals surface area contributed by atoms with Crippen molar-refractivity contribution < 1.29 is 0 Å². The van der Waals surface area contributed by atoms with Gasteiger partial charge >= 0.3 is 0 Å². The Balaban J connectivity index is 0. The van der Waals surface area contributed by atoms with Crippen LogP contribution in [0.2, 0.25) is 0 Å². The van der Waals surface area contributed by atoms with Crippen LogP contribution in [0.5, 0.6) is 0 Å². The molecule has 0 radical (unpaired) electrons. The highest BCUT2D eigenvalue weighted by Gasteiger charge is 1.92. The van der Waals surface area contributed by atoms with Crippen LogP contribution in [0.4, 0.5) is 0 Å². The van der Waals surface area contributed by atoms with Gasteiger partial charge in [0.2, 0.25) is 0 Å². The molecule has 0 rings (SSSR count). The summed E-state index contributed by atoms with van der Waals surface area (Å²) < 4.78 is 0. The Morgan fingerprint density at radius 2 is 1.92 bits per heavy atom. The zero-order valence-corrected chi connectivity index (χ0v) is 9.98. The van der Waals surface area contributed by atoms with E-state index in [0.29, 0.717) is 0 Å². The molecule has 2 nitrogen and oxygen atoms in total.